The van der Waals surface area contributed by atoms with Crippen LogP contribution in [-0.4, -0.2) is 88.0 Å². The minimum Gasteiger partial charge on any atom is -0.504 e. The van der Waals surface area contributed by atoms with Gasteiger partial charge in [0.15, 0.2) is 34.9 Å². The van der Waals surface area contributed by atoms with Gasteiger partial charge in [-0.1, -0.05) is 18.2 Å². The summed E-state index contributed by atoms with van der Waals surface area (Å²) in [6.45, 7) is 0. The van der Waals surface area contributed by atoms with Gasteiger partial charge in [-0.25, -0.2) is 4.79 Å². The molecular formula is C27H30O12. The van der Waals surface area contributed by atoms with Crippen LogP contribution < -0.4 is 14.2 Å². The van der Waals surface area contributed by atoms with Gasteiger partial charge in [0.25, 0.3) is 0 Å². The molecule has 0 aromatic heterocycles. The molecule has 2 aromatic carbocycles. The van der Waals surface area contributed by atoms with E-state index >= 15 is 0 Å². The van der Waals surface area contributed by atoms with Crippen molar-refractivity contribution in [3.05, 3.63) is 53.6 Å². The molecule has 0 unspecified atom stereocenters. The highest BCUT2D eigenvalue weighted by Crippen LogP contribution is 2.32. The first-order valence-corrected chi connectivity index (χ1v) is 11.9. The highest BCUT2D eigenvalue weighted by molar-refractivity contribution is 6.06. The lowest BCUT2D eigenvalue weighted by molar-refractivity contribution is -0.271. The molecule has 39 heavy (non-hydrogen) atoms. The molecule has 1 heterocycles. The summed E-state index contributed by atoms with van der Waals surface area (Å²) >= 11 is 0. The Hall–Kier alpha value is -3.97. The van der Waals surface area contributed by atoms with E-state index in [0.29, 0.717) is 11.1 Å². The van der Waals surface area contributed by atoms with Crippen molar-refractivity contribution in [1.82, 2.24) is 0 Å². The smallest absolute Gasteiger partial charge is 0.335 e. The molecule has 12 heteroatoms. The van der Waals surface area contributed by atoms with Crippen molar-refractivity contribution in [1.29, 1.82) is 0 Å². The number of carbonyl (C=O) groups excluding carboxylic acids is 2. The molecule has 0 aliphatic carbocycles. The van der Waals surface area contributed by atoms with E-state index in [2.05, 4.69) is 0 Å². The Morgan fingerprint density at radius 2 is 1.64 bits per heavy atom. The van der Waals surface area contributed by atoms with Crippen LogP contribution in [-0.2, 0) is 25.5 Å². The molecule has 0 radical (unpaired) electrons. The van der Waals surface area contributed by atoms with E-state index in [1.807, 2.05) is 0 Å². The minimum atomic E-state index is -1.85. The van der Waals surface area contributed by atoms with Gasteiger partial charge in [0.05, 0.1) is 20.6 Å². The summed E-state index contributed by atoms with van der Waals surface area (Å²) in [5.41, 5.74) is 1.30. The molecule has 0 amide bonds. The van der Waals surface area contributed by atoms with Gasteiger partial charge < -0.3 is 44.5 Å². The SMILES string of the molecule is COc1cc(/C=C/C(=O)CC(=O)CCc2ccc(O[C@@H]3O[C@H](C(=O)O)[C@@H](O)[C@H](O)[C@H]3O)c(OC)c2)ccc1O. The standard InChI is InChI=1S/C27H30O12/c1-36-20-11-14(5-9-18(20)30)3-7-16(28)13-17(29)8-4-15-6-10-19(21(12-15)37-2)38-27-24(33)22(31)23(32)25(39-27)26(34)35/h3,5-7,9-12,22-25,27,30-33H,4,8,13H2,1-2H3,(H,34,35)/b7-3+/t22-,23-,24+,25-,27+/m0/s1. The molecule has 5 atom stereocenters. The highest BCUT2D eigenvalue weighted by atomic mass is 16.7. The number of benzene rings is 2. The van der Waals surface area contributed by atoms with Gasteiger partial charge >= 0.3 is 5.97 Å². The maximum atomic E-state index is 12.3. The van der Waals surface area contributed by atoms with Gasteiger partial charge in [0, 0.05) is 6.42 Å². The average Bonchev–Trinajstić information content (AvgIpc) is 2.91. The fraction of sp³-hybridized carbons (Fsp3) is 0.370. The summed E-state index contributed by atoms with van der Waals surface area (Å²) in [6.07, 6.45) is -5.95. The van der Waals surface area contributed by atoms with Crippen molar-refractivity contribution in [2.45, 2.75) is 50.0 Å². The topological polar surface area (TPSA) is 189 Å². The molecule has 1 fully saturated rings. The number of carboxylic acid groups (broad SMARTS) is 1. The third kappa shape index (κ3) is 7.54. The maximum absolute atomic E-state index is 12.3. The van der Waals surface area contributed by atoms with Gasteiger partial charge in [-0.2, -0.15) is 0 Å². The zero-order valence-corrected chi connectivity index (χ0v) is 21.2. The molecule has 1 saturated heterocycles. The molecule has 5 N–H and O–H groups in total. The van der Waals surface area contributed by atoms with E-state index in [4.69, 9.17) is 18.9 Å². The van der Waals surface area contributed by atoms with Crippen LogP contribution in [0.2, 0.25) is 0 Å². The summed E-state index contributed by atoms with van der Waals surface area (Å²) < 4.78 is 21.0. The number of aryl methyl sites for hydroxylation is 1. The quantitative estimate of drug-likeness (QED) is 0.187. The Balaban J connectivity index is 1.57. The Labute approximate surface area is 223 Å². The van der Waals surface area contributed by atoms with Gasteiger partial charge in [0.2, 0.25) is 6.29 Å². The van der Waals surface area contributed by atoms with Crippen LogP contribution in [0.4, 0.5) is 0 Å². The van der Waals surface area contributed by atoms with Crippen LogP contribution in [0.1, 0.15) is 24.0 Å². The van der Waals surface area contributed by atoms with Crippen molar-refractivity contribution < 1.29 is 58.9 Å². The number of Topliss-reactive ketones (excluding diaryl/α,β-unsaturated/α-hetero) is 1. The van der Waals surface area contributed by atoms with E-state index < -0.39 is 36.7 Å². The first-order chi connectivity index (χ1) is 18.5. The number of hydrogen-bond donors (Lipinski definition) is 5. The van der Waals surface area contributed by atoms with Crippen molar-refractivity contribution >= 4 is 23.6 Å². The highest BCUT2D eigenvalue weighted by Gasteiger charge is 2.48. The Morgan fingerprint density at radius 1 is 0.923 bits per heavy atom. The number of methoxy groups -OCH3 is 2. The number of carbonyl (C=O) groups is 3. The summed E-state index contributed by atoms with van der Waals surface area (Å²) in [7, 11) is 2.76. The maximum Gasteiger partial charge on any atom is 0.335 e. The molecule has 1 aliphatic rings. The van der Waals surface area contributed by atoms with Gasteiger partial charge in [-0.3, -0.25) is 9.59 Å². The number of allylic oxidation sites excluding steroid dienone is 1. The van der Waals surface area contributed by atoms with Gasteiger partial charge in [-0.15, -0.1) is 0 Å². The van der Waals surface area contributed by atoms with Gasteiger partial charge in [0.1, 0.15) is 24.1 Å². The number of phenols is 1. The minimum absolute atomic E-state index is 0.0299. The van der Waals surface area contributed by atoms with Gasteiger partial charge in [-0.05, 0) is 47.9 Å². The van der Waals surface area contributed by atoms with Crippen LogP contribution in [0.25, 0.3) is 6.08 Å². The van der Waals surface area contributed by atoms with Crippen molar-refractivity contribution in [3.63, 3.8) is 0 Å². The second kappa shape index (κ2) is 13.2. The van der Waals surface area contributed by atoms with Crippen LogP contribution in [0.5, 0.6) is 23.0 Å². The Kier molecular flexibility index (Phi) is 10.0. The fourth-order valence-corrected chi connectivity index (χ4v) is 3.85. The van der Waals surface area contributed by atoms with Crippen LogP contribution in [0.15, 0.2) is 42.5 Å². The number of ketones is 2. The zero-order valence-electron chi connectivity index (χ0n) is 21.2. The monoisotopic (exact) mass is 546 g/mol. The van der Waals surface area contributed by atoms with E-state index in [1.54, 1.807) is 24.3 Å². The number of rotatable bonds is 12. The second-order valence-corrected chi connectivity index (χ2v) is 8.78. The van der Waals surface area contributed by atoms with E-state index in [0.717, 1.165) is 0 Å². The lowest BCUT2D eigenvalue weighted by Crippen LogP contribution is -2.61. The Bertz CT molecular complexity index is 1220. The summed E-state index contributed by atoms with van der Waals surface area (Å²) in [5, 5.41) is 48.7. The zero-order chi connectivity index (χ0) is 28.7. The summed E-state index contributed by atoms with van der Waals surface area (Å²) in [5.74, 6) is -1.72. The number of aliphatic carboxylic acids is 1. The van der Waals surface area contributed by atoms with Crippen molar-refractivity contribution in [2.75, 3.05) is 14.2 Å². The molecule has 0 spiro atoms. The molecule has 0 bridgehead atoms. The first kappa shape index (κ1) is 29.6. The number of carboxylic acids is 1. The lowest BCUT2D eigenvalue weighted by Gasteiger charge is -2.38. The lowest BCUT2D eigenvalue weighted by atomic mass is 9.99. The fourth-order valence-electron chi connectivity index (χ4n) is 3.85. The molecule has 1 aliphatic heterocycles. The normalized spacial score (nSPS) is 22.8. The molecule has 210 valence electrons. The molecule has 3 rings (SSSR count). The predicted octanol–water partition coefficient (Wildman–Crippen LogP) is 0.855. The average molecular weight is 547 g/mol. The number of phenolic OH excluding ortho intramolecular Hbond substituents is 1. The number of aliphatic hydroxyl groups excluding tert-OH is 3. The third-order valence-electron chi connectivity index (χ3n) is 6.01. The van der Waals surface area contributed by atoms with Crippen LogP contribution in [0, 0.1) is 0 Å². The van der Waals surface area contributed by atoms with E-state index in [9.17, 15) is 39.9 Å². The predicted molar refractivity (Wildman–Crippen MR) is 135 cm³/mol. The largest absolute Gasteiger partial charge is 0.504 e. The molecular weight excluding hydrogens is 516 g/mol. The van der Waals surface area contributed by atoms with Crippen molar-refractivity contribution in [3.8, 4) is 23.0 Å². The van der Waals surface area contributed by atoms with Crippen LogP contribution in [0.3, 0.4) is 0 Å². The second-order valence-electron chi connectivity index (χ2n) is 8.78. The van der Waals surface area contributed by atoms with Crippen molar-refractivity contribution in [2.24, 2.45) is 0 Å². The summed E-state index contributed by atoms with van der Waals surface area (Å²) in [6, 6.07) is 9.23. The van der Waals surface area contributed by atoms with E-state index in [1.165, 1.54) is 38.5 Å². The number of aromatic hydroxyl groups is 1. The first-order valence-electron chi connectivity index (χ1n) is 11.9. The Morgan fingerprint density at radius 3 is 2.31 bits per heavy atom. The molecule has 2 aromatic rings. The van der Waals surface area contributed by atoms with E-state index in [-0.39, 0.29) is 53.8 Å². The molecule has 12 nitrogen and oxygen atoms in total. The number of aliphatic hydroxyl groups is 3. The molecule has 0 saturated carbocycles. The number of hydrogen-bond acceptors (Lipinski definition) is 11. The number of ether oxygens (including phenoxy) is 4. The third-order valence-corrected chi connectivity index (χ3v) is 6.01. The van der Waals surface area contributed by atoms with Crippen LogP contribution >= 0.6 is 0 Å². The summed E-state index contributed by atoms with van der Waals surface area (Å²) in [4.78, 5) is 35.8.